The summed E-state index contributed by atoms with van der Waals surface area (Å²) in [5, 5.41) is 0. The molecule has 27 heavy (non-hydrogen) atoms. The first kappa shape index (κ1) is 24.0. The van der Waals surface area contributed by atoms with Gasteiger partial charge in [0.25, 0.3) is 0 Å². The van der Waals surface area contributed by atoms with Crippen LogP contribution in [0.3, 0.4) is 0 Å². The molecule has 0 aromatic rings. The summed E-state index contributed by atoms with van der Waals surface area (Å²) in [6.45, 7) is 8.34. The smallest absolute Gasteiger partial charge is 0.309 e. The quantitative estimate of drug-likeness (QED) is 0.285. The molecule has 4 nitrogen and oxygen atoms in total. The number of carbonyl (C=O) groups excluding carboxylic acids is 2. The van der Waals surface area contributed by atoms with E-state index in [1.165, 1.54) is 51.4 Å². The first-order valence-corrected chi connectivity index (χ1v) is 11.5. The fraction of sp³-hybridized carbons (Fsp3) is 0.913. The molecule has 0 aromatic heterocycles. The van der Waals surface area contributed by atoms with Crippen LogP contribution >= 0.6 is 0 Å². The molecule has 1 fully saturated rings. The van der Waals surface area contributed by atoms with Crippen LogP contribution in [0.15, 0.2) is 0 Å². The predicted molar refractivity (Wildman–Crippen MR) is 112 cm³/mol. The second-order valence-corrected chi connectivity index (χ2v) is 8.60. The third-order valence-electron chi connectivity index (χ3n) is 5.51. The van der Waals surface area contributed by atoms with E-state index in [1.807, 2.05) is 4.90 Å². The van der Waals surface area contributed by atoms with Gasteiger partial charge in [0.1, 0.15) is 0 Å². The van der Waals surface area contributed by atoms with Crippen LogP contribution in [0.2, 0.25) is 0 Å². The van der Waals surface area contributed by atoms with Crippen molar-refractivity contribution in [3.63, 3.8) is 0 Å². The van der Waals surface area contributed by atoms with Crippen molar-refractivity contribution in [1.82, 2.24) is 4.90 Å². The van der Waals surface area contributed by atoms with Crippen LogP contribution < -0.4 is 0 Å². The molecule has 1 heterocycles. The van der Waals surface area contributed by atoms with Crippen molar-refractivity contribution >= 4 is 11.9 Å². The molecule has 1 rings (SSSR count). The molecule has 4 heteroatoms. The van der Waals surface area contributed by atoms with Gasteiger partial charge >= 0.3 is 5.97 Å². The third-order valence-corrected chi connectivity index (χ3v) is 5.51. The van der Waals surface area contributed by atoms with Crippen molar-refractivity contribution in [2.24, 2.45) is 11.8 Å². The third kappa shape index (κ3) is 11.4. The molecule has 0 N–H and O–H groups in total. The van der Waals surface area contributed by atoms with Gasteiger partial charge < -0.3 is 9.64 Å². The van der Waals surface area contributed by atoms with Crippen molar-refractivity contribution < 1.29 is 14.3 Å². The van der Waals surface area contributed by atoms with Crippen molar-refractivity contribution in [2.45, 2.75) is 104 Å². The highest BCUT2D eigenvalue weighted by Crippen LogP contribution is 2.20. The number of esters is 1. The number of amides is 1. The Balaban J connectivity index is 1.98. The maximum absolute atomic E-state index is 12.2. The zero-order chi connectivity index (χ0) is 19.9. The molecule has 0 unspecified atom stereocenters. The molecular formula is C23H43NO3. The van der Waals surface area contributed by atoms with Crippen LogP contribution in [0.5, 0.6) is 0 Å². The monoisotopic (exact) mass is 381 g/mol. The van der Waals surface area contributed by atoms with E-state index in [1.54, 1.807) is 0 Å². The van der Waals surface area contributed by atoms with Crippen LogP contribution in [0.1, 0.15) is 104 Å². The Morgan fingerprint density at radius 2 is 1.41 bits per heavy atom. The molecule has 0 radical (unpaired) electrons. The van der Waals surface area contributed by atoms with E-state index in [-0.39, 0.29) is 17.8 Å². The van der Waals surface area contributed by atoms with Crippen LogP contribution in [-0.2, 0) is 14.3 Å². The maximum atomic E-state index is 12.2. The van der Waals surface area contributed by atoms with Crippen molar-refractivity contribution in [3.05, 3.63) is 0 Å². The number of piperidine rings is 1. The zero-order valence-electron chi connectivity index (χ0n) is 18.1. The molecule has 0 saturated carbocycles. The highest BCUT2D eigenvalue weighted by molar-refractivity contribution is 5.77. The molecule has 0 aliphatic carbocycles. The lowest BCUT2D eigenvalue weighted by atomic mass is 9.96. The number of carbonyl (C=O) groups is 2. The molecule has 0 bridgehead atoms. The number of nitrogens with zero attached hydrogens (tertiary/aromatic N) is 1. The zero-order valence-corrected chi connectivity index (χ0v) is 18.1. The van der Waals surface area contributed by atoms with Gasteiger partial charge in [0, 0.05) is 19.5 Å². The van der Waals surface area contributed by atoms with Gasteiger partial charge in [0.2, 0.25) is 5.91 Å². The van der Waals surface area contributed by atoms with Crippen LogP contribution in [-0.4, -0.2) is 36.5 Å². The van der Waals surface area contributed by atoms with Crippen LogP contribution in [0.25, 0.3) is 0 Å². The summed E-state index contributed by atoms with van der Waals surface area (Å²) in [6, 6.07) is 0. The van der Waals surface area contributed by atoms with Gasteiger partial charge in [-0.15, -0.1) is 0 Å². The lowest BCUT2D eigenvalue weighted by Crippen LogP contribution is -2.41. The molecule has 0 spiro atoms. The average Bonchev–Trinajstić information content (AvgIpc) is 2.65. The number of hydrogen-bond acceptors (Lipinski definition) is 3. The predicted octanol–water partition coefficient (Wildman–Crippen LogP) is 5.74. The molecule has 1 saturated heterocycles. The molecular weight excluding hydrogens is 338 g/mol. The van der Waals surface area contributed by atoms with E-state index in [0.717, 1.165) is 25.7 Å². The maximum Gasteiger partial charge on any atom is 0.309 e. The minimum absolute atomic E-state index is 0.0174. The number of rotatable bonds is 14. The SMILES string of the molecule is CCCCCCCCCCCCOC(=O)C1CCN(C(=O)CC(C)C)CC1. The summed E-state index contributed by atoms with van der Waals surface area (Å²) in [7, 11) is 0. The van der Waals surface area contributed by atoms with Crippen molar-refractivity contribution in [1.29, 1.82) is 0 Å². The van der Waals surface area contributed by atoms with Crippen molar-refractivity contribution in [3.8, 4) is 0 Å². The largest absolute Gasteiger partial charge is 0.465 e. The van der Waals surface area contributed by atoms with Gasteiger partial charge in [-0.1, -0.05) is 78.6 Å². The van der Waals surface area contributed by atoms with E-state index >= 15 is 0 Å². The summed E-state index contributed by atoms with van der Waals surface area (Å²) < 4.78 is 5.47. The normalized spacial score (nSPS) is 15.3. The Hall–Kier alpha value is -1.06. The first-order chi connectivity index (χ1) is 13.0. The van der Waals surface area contributed by atoms with E-state index in [2.05, 4.69) is 20.8 Å². The van der Waals surface area contributed by atoms with Gasteiger partial charge in [0.05, 0.1) is 12.5 Å². The minimum Gasteiger partial charge on any atom is -0.465 e. The van der Waals surface area contributed by atoms with Gasteiger partial charge in [-0.2, -0.15) is 0 Å². The molecule has 0 atom stereocenters. The molecule has 0 aromatic carbocycles. The van der Waals surface area contributed by atoms with Gasteiger partial charge in [-0.3, -0.25) is 9.59 Å². The summed E-state index contributed by atoms with van der Waals surface area (Å²) in [6.07, 6.45) is 15.0. The molecule has 1 aliphatic rings. The second-order valence-electron chi connectivity index (χ2n) is 8.60. The minimum atomic E-state index is -0.0538. The number of ether oxygens (including phenoxy) is 1. The topological polar surface area (TPSA) is 46.6 Å². The Morgan fingerprint density at radius 3 is 1.93 bits per heavy atom. The summed E-state index contributed by atoms with van der Waals surface area (Å²) in [4.78, 5) is 26.2. The molecule has 158 valence electrons. The Labute approximate surface area is 167 Å². The van der Waals surface area contributed by atoms with Gasteiger partial charge in [-0.25, -0.2) is 0 Å². The van der Waals surface area contributed by atoms with E-state index in [4.69, 9.17) is 4.74 Å². The van der Waals surface area contributed by atoms with Crippen LogP contribution in [0, 0.1) is 11.8 Å². The van der Waals surface area contributed by atoms with Gasteiger partial charge in [0.15, 0.2) is 0 Å². The summed E-state index contributed by atoms with van der Waals surface area (Å²) in [5.74, 6) is 0.543. The van der Waals surface area contributed by atoms with Crippen LogP contribution in [0.4, 0.5) is 0 Å². The molecule has 1 amide bonds. The highest BCUT2D eigenvalue weighted by atomic mass is 16.5. The number of hydrogen-bond donors (Lipinski definition) is 0. The second kappa shape index (κ2) is 14.9. The molecule has 1 aliphatic heterocycles. The fourth-order valence-electron chi connectivity index (χ4n) is 3.72. The first-order valence-electron chi connectivity index (χ1n) is 11.5. The van der Waals surface area contributed by atoms with Gasteiger partial charge in [-0.05, 0) is 25.2 Å². The standard InChI is InChI=1S/C23H43NO3/c1-4-5-6-7-8-9-10-11-12-13-18-27-23(26)21-14-16-24(17-15-21)22(25)19-20(2)3/h20-21H,4-19H2,1-3H3. The van der Waals surface area contributed by atoms with E-state index in [9.17, 15) is 9.59 Å². The van der Waals surface area contributed by atoms with E-state index in [0.29, 0.717) is 32.0 Å². The summed E-state index contributed by atoms with van der Waals surface area (Å²) in [5.41, 5.74) is 0. The lowest BCUT2D eigenvalue weighted by Gasteiger charge is -2.31. The van der Waals surface area contributed by atoms with Crippen molar-refractivity contribution in [2.75, 3.05) is 19.7 Å². The summed E-state index contributed by atoms with van der Waals surface area (Å²) >= 11 is 0. The average molecular weight is 382 g/mol. The number of likely N-dealkylation sites (tertiary alicyclic amines) is 1. The Kier molecular flexibility index (Phi) is 13.3. The fourth-order valence-corrected chi connectivity index (χ4v) is 3.72. The lowest BCUT2D eigenvalue weighted by molar-refractivity contribution is -0.152. The Bertz CT molecular complexity index is 400. The Morgan fingerprint density at radius 1 is 0.889 bits per heavy atom. The van der Waals surface area contributed by atoms with E-state index < -0.39 is 0 Å². The number of unbranched alkanes of at least 4 members (excludes halogenated alkanes) is 9. The highest BCUT2D eigenvalue weighted by Gasteiger charge is 2.28.